The van der Waals surface area contributed by atoms with E-state index in [1.54, 1.807) is 0 Å². The van der Waals surface area contributed by atoms with E-state index in [9.17, 15) is 22.8 Å². The zero-order chi connectivity index (χ0) is 34.0. The molecule has 8 nitrogen and oxygen atoms in total. The topological polar surface area (TPSA) is 70.1 Å². The number of nitrogens with zero attached hydrogens (tertiary/aromatic N) is 4. The van der Waals surface area contributed by atoms with Gasteiger partial charge in [-0.2, -0.15) is 13.2 Å². The highest BCUT2D eigenvalue weighted by atomic mass is 19.4. The molecule has 48 heavy (non-hydrogen) atoms. The number of piperazine rings is 1. The standard InChI is InChI=1S/C37H48F3N5O3/c1-25-8-11-30(12-9-25)48-23-29-20-28(44-16-14-43(15-17-44)24-37(38,39)40)21-45(29)35(46)19-27-10-13-33(26(2)18-27)41-36(47)32-22-42(3)34-7-5-4-6-31(32)34/h4-7,10,13,18,22,25,28-30H,8-9,11-12,14-17,19-21,23-24H2,1-3H3,(H,41,47)/t25?,28-,29-,30?/m0/s1. The number of benzene rings is 2. The van der Waals surface area contributed by atoms with Crippen LogP contribution >= 0.6 is 0 Å². The number of carbonyl (C=O) groups is 2. The Labute approximate surface area is 281 Å². The summed E-state index contributed by atoms with van der Waals surface area (Å²) in [7, 11) is 1.92. The Balaban J connectivity index is 1.10. The normalized spacial score (nSPS) is 24.3. The van der Waals surface area contributed by atoms with Crippen LogP contribution in [0, 0.1) is 12.8 Å². The smallest absolute Gasteiger partial charge is 0.376 e. The Hall–Kier alpha value is -3.41. The fourth-order valence-corrected chi connectivity index (χ4v) is 7.77. The number of para-hydroxylation sites is 1. The number of amides is 2. The SMILES string of the molecule is Cc1cc(CC(=O)N2C[C@@H](N3CCN(CC(F)(F)F)CC3)C[C@H]2COC2CCC(C)CC2)ccc1NC(=O)c1cn(C)c2ccccc12. The number of ether oxygens (including phenoxy) is 1. The Morgan fingerprint density at radius 3 is 2.44 bits per heavy atom. The van der Waals surface area contributed by atoms with E-state index in [1.807, 2.05) is 72.1 Å². The lowest BCUT2D eigenvalue weighted by Crippen LogP contribution is -2.52. The van der Waals surface area contributed by atoms with Gasteiger partial charge in [-0.3, -0.25) is 19.4 Å². The fourth-order valence-electron chi connectivity index (χ4n) is 7.77. The summed E-state index contributed by atoms with van der Waals surface area (Å²) >= 11 is 0. The first kappa shape index (κ1) is 34.5. The summed E-state index contributed by atoms with van der Waals surface area (Å²) in [4.78, 5) is 32.8. The van der Waals surface area contributed by atoms with Crippen molar-refractivity contribution in [3.63, 3.8) is 0 Å². The summed E-state index contributed by atoms with van der Waals surface area (Å²) in [6.07, 6.45) is 3.21. The highest BCUT2D eigenvalue weighted by Gasteiger charge is 2.40. The number of hydrogen-bond donors (Lipinski definition) is 1. The van der Waals surface area contributed by atoms with Crippen LogP contribution in [0.4, 0.5) is 18.9 Å². The van der Waals surface area contributed by atoms with Crippen molar-refractivity contribution in [2.24, 2.45) is 13.0 Å². The molecule has 3 heterocycles. The molecule has 0 bridgehead atoms. The molecule has 3 fully saturated rings. The summed E-state index contributed by atoms with van der Waals surface area (Å²) in [5.41, 5.74) is 4.02. The van der Waals surface area contributed by atoms with E-state index < -0.39 is 12.7 Å². The maximum absolute atomic E-state index is 13.9. The summed E-state index contributed by atoms with van der Waals surface area (Å²) in [5.74, 6) is 0.554. The number of fused-ring (bicyclic) bond motifs is 1. The van der Waals surface area contributed by atoms with Crippen molar-refractivity contribution in [1.82, 2.24) is 19.3 Å². The lowest BCUT2D eigenvalue weighted by Gasteiger charge is -2.38. The molecule has 3 aliphatic rings. The van der Waals surface area contributed by atoms with Crippen LogP contribution in [0.3, 0.4) is 0 Å². The number of halogens is 3. The van der Waals surface area contributed by atoms with E-state index in [0.29, 0.717) is 50.6 Å². The Bertz CT molecular complexity index is 1590. The third-order valence-electron chi connectivity index (χ3n) is 10.6. The molecule has 2 saturated heterocycles. The number of anilines is 1. The minimum absolute atomic E-state index is 0.0195. The third kappa shape index (κ3) is 8.23. The summed E-state index contributed by atoms with van der Waals surface area (Å²) in [6, 6.07) is 13.5. The Kier molecular flexibility index (Phi) is 10.5. The number of nitrogens with one attached hydrogen (secondary N) is 1. The first-order valence-corrected chi connectivity index (χ1v) is 17.3. The van der Waals surface area contributed by atoms with Gasteiger partial charge in [0.1, 0.15) is 0 Å². The van der Waals surface area contributed by atoms with E-state index in [-0.39, 0.29) is 36.4 Å². The largest absolute Gasteiger partial charge is 0.401 e. The van der Waals surface area contributed by atoms with Gasteiger partial charge in [0.2, 0.25) is 5.91 Å². The zero-order valence-corrected chi connectivity index (χ0v) is 28.3. The molecule has 260 valence electrons. The second-order valence-corrected chi connectivity index (χ2v) is 14.2. The van der Waals surface area contributed by atoms with Gasteiger partial charge in [-0.25, -0.2) is 0 Å². The van der Waals surface area contributed by atoms with E-state index in [0.717, 1.165) is 60.1 Å². The minimum Gasteiger partial charge on any atom is -0.376 e. The van der Waals surface area contributed by atoms with Gasteiger partial charge in [0, 0.05) is 68.6 Å². The number of aromatic nitrogens is 1. The molecule has 1 aliphatic carbocycles. The lowest BCUT2D eigenvalue weighted by atomic mass is 9.89. The van der Waals surface area contributed by atoms with Gasteiger partial charge >= 0.3 is 6.18 Å². The molecule has 1 saturated carbocycles. The molecule has 2 amide bonds. The zero-order valence-electron chi connectivity index (χ0n) is 28.3. The van der Waals surface area contributed by atoms with Crippen LogP contribution in [0.2, 0.25) is 0 Å². The second kappa shape index (κ2) is 14.6. The van der Waals surface area contributed by atoms with E-state index >= 15 is 0 Å². The summed E-state index contributed by atoms with van der Waals surface area (Å²) in [6.45, 7) is 6.21. The van der Waals surface area contributed by atoms with Gasteiger partial charge in [0.25, 0.3) is 5.91 Å². The number of hydrogen-bond acceptors (Lipinski definition) is 5. The van der Waals surface area contributed by atoms with Crippen molar-refractivity contribution < 1.29 is 27.5 Å². The van der Waals surface area contributed by atoms with Crippen LogP contribution in [-0.2, 0) is 23.0 Å². The number of carbonyl (C=O) groups excluding carboxylic acids is 2. The average molecular weight is 668 g/mol. The molecule has 0 spiro atoms. The van der Waals surface area contributed by atoms with Crippen molar-refractivity contribution in [1.29, 1.82) is 0 Å². The molecule has 3 aromatic rings. The molecule has 0 unspecified atom stereocenters. The van der Waals surface area contributed by atoms with Crippen LogP contribution in [0.1, 0.15) is 60.5 Å². The summed E-state index contributed by atoms with van der Waals surface area (Å²) in [5, 5.41) is 3.94. The molecule has 6 rings (SSSR count). The van der Waals surface area contributed by atoms with Crippen LogP contribution in [0.15, 0.2) is 48.7 Å². The van der Waals surface area contributed by atoms with Gasteiger partial charge < -0.3 is 19.5 Å². The quantitative estimate of drug-likeness (QED) is 0.302. The van der Waals surface area contributed by atoms with Crippen molar-refractivity contribution in [3.05, 3.63) is 65.4 Å². The number of rotatable bonds is 9. The first-order valence-electron chi connectivity index (χ1n) is 17.3. The van der Waals surface area contributed by atoms with Crippen molar-refractivity contribution in [2.75, 3.05) is 51.2 Å². The first-order chi connectivity index (χ1) is 22.9. The highest BCUT2D eigenvalue weighted by molar-refractivity contribution is 6.13. The monoisotopic (exact) mass is 667 g/mol. The van der Waals surface area contributed by atoms with Gasteiger partial charge in [0.05, 0.1) is 37.3 Å². The van der Waals surface area contributed by atoms with Crippen LogP contribution in [-0.4, -0.2) is 101 Å². The van der Waals surface area contributed by atoms with E-state index in [4.69, 9.17) is 4.74 Å². The van der Waals surface area contributed by atoms with Gasteiger partial charge in [-0.15, -0.1) is 0 Å². The molecule has 2 atom stereocenters. The van der Waals surface area contributed by atoms with Crippen molar-refractivity contribution in [3.8, 4) is 0 Å². The Morgan fingerprint density at radius 1 is 1.00 bits per heavy atom. The van der Waals surface area contributed by atoms with Crippen LogP contribution in [0.25, 0.3) is 10.9 Å². The molecule has 2 aliphatic heterocycles. The highest BCUT2D eigenvalue weighted by Crippen LogP contribution is 2.30. The molecule has 1 N–H and O–H groups in total. The maximum atomic E-state index is 13.9. The van der Waals surface area contributed by atoms with E-state index in [2.05, 4.69) is 17.1 Å². The summed E-state index contributed by atoms with van der Waals surface area (Å²) < 4.78 is 47.2. The predicted molar refractivity (Wildman–Crippen MR) is 181 cm³/mol. The number of likely N-dealkylation sites (tertiary alicyclic amines) is 1. The molecule has 11 heteroatoms. The van der Waals surface area contributed by atoms with Crippen LogP contribution < -0.4 is 5.32 Å². The fraction of sp³-hybridized carbons (Fsp3) is 0.568. The molecule has 0 radical (unpaired) electrons. The number of alkyl halides is 3. The Morgan fingerprint density at radius 2 is 1.73 bits per heavy atom. The number of aryl methyl sites for hydroxylation is 2. The third-order valence-corrected chi connectivity index (χ3v) is 10.6. The van der Waals surface area contributed by atoms with E-state index in [1.165, 1.54) is 4.90 Å². The van der Waals surface area contributed by atoms with Crippen LogP contribution in [0.5, 0.6) is 0 Å². The molecular weight excluding hydrogens is 619 g/mol. The maximum Gasteiger partial charge on any atom is 0.401 e. The lowest BCUT2D eigenvalue weighted by molar-refractivity contribution is -0.150. The average Bonchev–Trinajstić information content (AvgIpc) is 3.63. The van der Waals surface area contributed by atoms with Crippen molar-refractivity contribution in [2.45, 2.75) is 76.7 Å². The molecular formula is C37H48F3N5O3. The predicted octanol–water partition coefficient (Wildman–Crippen LogP) is 6.03. The molecule has 2 aromatic carbocycles. The van der Waals surface area contributed by atoms with Crippen molar-refractivity contribution >= 4 is 28.4 Å². The van der Waals surface area contributed by atoms with Gasteiger partial charge in [-0.05, 0) is 68.2 Å². The van der Waals surface area contributed by atoms with Gasteiger partial charge in [0.15, 0.2) is 0 Å². The molecule has 1 aromatic heterocycles. The van der Waals surface area contributed by atoms with Gasteiger partial charge in [-0.1, -0.05) is 37.3 Å². The minimum atomic E-state index is -4.20. The second-order valence-electron chi connectivity index (χ2n) is 14.2.